The molecule has 2 aromatic rings. The monoisotopic (exact) mass is 805 g/mol. The maximum absolute atomic E-state index is 15.0. The number of nitrogens with one attached hydrogen (secondary N) is 4. The van der Waals surface area contributed by atoms with E-state index in [1.54, 1.807) is 17.0 Å². The van der Waals surface area contributed by atoms with Gasteiger partial charge in [-0.15, -0.1) is 6.58 Å². The fourth-order valence-electron chi connectivity index (χ4n) is 7.96. The first-order valence-electron chi connectivity index (χ1n) is 20.0. The molecule has 57 heavy (non-hydrogen) atoms. The van der Waals surface area contributed by atoms with E-state index < -0.39 is 69.1 Å². The van der Waals surface area contributed by atoms with E-state index in [9.17, 15) is 32.4 Å². The number of rotatable bonds is 17. The highest BCUT2D eigenvalue weighted by atomic mass is 32.2. The van der Waals surface area contributed by atoms with Crippen molar-refractivity contribution in [3.8, 4) is 0 Å². The Bertz CT molecular complexity index is 1890. The standard InChI is InChI=1S/C42H59N7O7S/c1-8-19-44-39(52)37(50)32(22-27-16-17-27)45-38(51)36-31(26(2)3)18-21-49(36)40(53)35(30-23-28-13-9-10-14-29(28)24-30)47-41(54)46-33(42(4,5)6)25-48(7)57(55,56)34-15-11-12-20-43-34/h8-15,20,26-27,30-33,35-36H,1,16-19,21-25H2,2-7H3,(H,44,52)(H,45,51)(H2,46,47,54)/t31?,32?,33-,35+,36+/m1/s1. The maximum atomic E-state index is 15.0. The minimum Gasteiger partial charge on any atom is -0.346 e. The second-order valence-electron chi connectivity index (χ2n) is 17.2. The molecule has 2 aliphatic carbocycles. The number of ketones is 1. The minimum atomic E-state index is -3.97. The van der Waals surface area contributed by atoms with Gasteiger partial charge in [0.25, 0.3) is 15.9 Å². The van der Waals surface area contributed by atoms with E-state index in [0.29, 0.717) is 25.7 Å². The Kier molecular flexibility index (Phi) is 14.0. The van der Waals surface area contributed by atoms with Crippen molar-refractivity contribution in [2.45, 2.75) is 102 Å². The van der Waals surface area contributed by atoms with Gasteiger partial charge in [-0.3, -0.25) is 19.2 Å². The third-order valence-corrected chi connectivity index (χ3v) is 13.3. The van der Waals surface area contributed by atoms with E-state index in [4.69, 9.17) is 0 Å². The van der Waals surface area contributed by atoms with E-state index in [1.807, 2.05) is 58.9 Å². The smallest absolute Gasteiger partial charge is 0.315 e. The predicted molar refractivity (Wildman–Crippen MR) is 216 cm³/mol. The Hall–Kier alpha value is -4.63. The number of aromatic nitrogens is 1. The van der Waals surface area contributed by atoms with Gasteiger partial charge in [-0.25, -0.2) is 18.2 Å². The van der Waals surface area contributed by atoms with E-state index in [0.717, 1.165) is 28.3 Å². The molecule has 2 unspecified atom stereocenters. The normalized spacial score (nSPS) is 20.0. The number of urea groups is 1. The van der Waals surface area contributed by atoms with Crippen molar-refractivity contribution >= 4 is 39.6 Å². The number of hydrogen-bond donors (Lipinski definition) is 4. The van der Waals surface area contributed by atoms with Gasteiger partial charge in [0.2, 0.25) is 17.6 Å². The van der Waals surface area contributed by atoms with E-state index >= 15 is 0 Å². The van der Waals surface area contributed by atoms with Crippen LogP contribution in [0.25, 0.3) is 0 Å². The Labute approximate surface area is 337 Å². The molecular weight excluding hydrogens is 747 g/mol. The lowest BCUT2D eigenvalue weighted by Crippen LogP contribution is -2.61. The molecule has 1 saturated carbocycles. The summed E-state index contributed by atoms with van der Waals surface area (Å²) in [7, 11) is -2.54. The highest BCUT2D eigenvalue weighted by Crippen LogP contribution is 2.36. The Balaban J connectivity index is 1.40. The van der Waals surface area contributed by atoms with Crippen LogP contribution in [0.5, 0.6) is 0 Å². The molecule has 14 nitrogen and oxygen atoms in total. The quantitative estimate of drug-likeness (QED) is 0.139. The second kappa shape index (κ2) is 18.3. The Morgan fingerprint density at radius 3 is 2.18 bits per heavy atom. The summed E-state index contributed by atoms with van der Waals surface area (Å²) in [6.45, 7) is 13.5. The molecule has 15 heteroatoms. The molecule has 2 heterocycles. The van der Waals surface area contributed by atoms with Crippen LogP contribution in [0.1, 0.15) is 71.4 Å². The summed E-state index contributed by atoms with van der Waals surface area (Å²) in [4.78, 5) is 75.0. The summed E-state index contributed by atoms with van der Waals surface area (Å²) in [5.41, 5.74) is 1.54. The first-order chi connectivity index (χ1) is 26.9. The highest BCUT2D eigenvalue weighted by molar-refractivity contribution is 7.89. The number of carbonyl (C=O) groups is 5. The molecule has 310 valence electrons. The zero-order valence-electron chi connectivity index (χ0n) is 34.0. The lowest BCUT2D eigenvalue weighted by atomic mass is 9.86. The molecule has 1 aromatic carbocycles. The fourth-order valence-corrected chi connectivity index (χ4v) is 9.07. The summed E-state index contributed by atoms with van der Waals surface area (Å²) in [6.07, 6.45) is 6.60. The SMILES string of the molecule is C=CCNC(=O)C(=O)C(CC1CC1)NC(=O)[C@@H]1C(C(C)C)CCN1C(=O)[C@@H](NC(=O)N[C@H](CN(C)S(=O)(=O)c1ccccn1)C(C)(C)C)C1Cc2ccccc2C1. The van der Waals surface area contributed by atoms with Crippen LogP contribution in [0.4, 0.5) is 4.79 Å². The van der Waals surface area contributed by atoms with Crippen LogP contribution in [0.2, 0.25) is 0 Å². The number of hydrogen-bond acceptors (Lipinski definition) is 8. The molecule has 4 N–H and O–H groups in total. The van der Waals surface area contributed by atoms with Gasteiger partial charge in [-0.1, -0.05) is 83.9 Å². The van der Waals surface area contributed by atoms with Crippen molar-refractivity contribution in [2.75, 3.05) is 26.7 Å². The summed E-state index contributed by atoms with van der Waals surface area (Å²) in [6, 6.07) is 8.17. The second-order valence-corrected chi connectivity index (χ2v) is 19.2. The first kappa shape index (κ1) is 43.5. The van der Waals surface area contributed by atoms with Crippen molar-refractivity contribution in [2.24, 2.45) is 29.1 Å². The number of benzene rings is 1. The molecule has 5 rings (SSSR count). The molecule has 5 atom stereocenters. The van der Waals surface area contributed by atoms with E-state index in [-0.39, 0.29) is 48.3 Å². The number of likely N-dealkylation sites (N-methyl/N-ethyl adjacent to an activating group) is 1. The van der Waals surface area contributed by atoms with Crippen LogP contribution in [0.15, 0.2) is 66.3 Å². The topological polar surface area (TPSA) is 187 Å². The van der Waals surface area contributed by atoms with Crippen molar-refractivity contribution in [3.05, 3.63) is 72.4 Å². The average molecular weight is 806 g/mol. The number of carbonyl (C=O) groups excluding carboxylic acids is 5. The number of Topliss-reactive ketones (excluding diaryl/α,β-unsaturated/α-hetero) is 1. The average Bonchev–Trinajstić information content (AvgIpc) is 3.69. The van der Waals surface area contributed by atoms with Crippen molar-refractivity contribution in [1.29, 1.82) is 0 Å². The van der Waals surface area contributed by atoms with E-state index in [2.05, 4.69) is 32.8 Å². The molecule has 1 aromatic heterocycles. The Morgan fingerprint density at radius 1 is 0.965 bits per heavy atom. The molecule has 0 radical (unpaired) electrons. The summed E-state index contributed by atoms with van der Waals surface area (Å²) in [5, 5.41) is 11.2. The van der Waals surface area contributed by atoms with Crippen molar-refractivity contribution in [1.82, 2.24) is 35.5 Å². The van der Waals surface area contributed by atoms with Gasteiger partial charge >= 0.3 is 6.03 Å². The third-order valence-electron chi connectivity index (χ3n) is 11.6. The van der Waals surface area contributed by atoms with Gasteiger partial charge in [0.1, 0.15) is 12.1 Å². The maximum Gasteiger partial charge on any atom is 0.315 e. The Morgan fingerprint density at radius 2 is 1.61 bits per heavy atom. The fraction of sp³-hybridized carbons (Fsp3) is 0.571. The number of amides is 5. The lowest BCUT2D eigenvalue weighted by Gasteiger charge is -2.36. The number of nitrogens with zero attached hydrogens (tertiary/aromatic N) is 3. The van der Waals surface area contributed by atoms with Gasteiger partial charge in [0.05, 0.1) is 6.04 Å². The minimum absolute atomic E-state index is 0.00404. The molecule has 1 aliphatic heterocycles. The van der Waals surface area contributed by atoms with Crippen LogP contribution in [0, 0.1) is 29.1 Å². The molecule has 0 bridgehead atoms. The largest absolute Gasteiger partial charge is 0.346 e. The number of pyridine rings is 1. The van der Waals surface area contributed by atoms with Crippen LogP contribution < -0.4 is 21.3 Å². The van der Waals surface area contributed by atoms with Gasteiger partial charge < -0.3 is 26.2 Å². The number of likely N-dealkylation sites (tertiary alicyclic amines) is 1. The lowest BCUT2D eigenvalue weighted by molar-refractivity contribution is -0.144. The molecule has 3 aliphatic rings. The molecule has 0 spiro atoms. The number of fused-ring (bicyclic) bond motifs is 1. The molecule has 1 saturated heterocycles. The summed E-state index contributed by atoms with van der Waals surface area (Å²) < 4.78 is 27.9. The van der Waals surface area contributed by atoms with Gasteiger partial charge in [-0.2, -0.15) is 4.31 Å². The molecule has 2 fully saturated rings. The van der Waals surface area contributed by atoms with Crippen molar-refractivity contribution in [3.63, 3.8) is 0 Å². The number of sulfonamides is 1. The van der Waals surface area contributed by atoms with Crippen LogP contribution >= 0.6 is 0 Å². The first-order valence-corrected chi connectivity index (χ1v) is 21.4. The van der Waals surface area contributed by atoms with Crippen LogP contribution in [0.3, 0.4) is 0 Å². The van der Waals surface area contributed by atoms with Crippen molar-refractivity contribution < 1.29 is 32.4 Å². The highest BCUT2D eigenvalue weighted by Gasteiger charge is 2.48. The van der Waals surface area contributed by atoms with Crippen LogP contribution in [-0.4, -0.2) is 103 Å². The van der Waals surface area contributed by atoms with Crippen LogP contribution in [-0.2, 0) is 42.0 Å². The van der Waals surface area contributed by atoms with Gasteiger partial charge in [0.15, 0.2) is 5.03 Å². The predicted octanol–water partition coefficient (Wildman–Crippen LogP) is 3.23. The van der Waals surface area contributed by atoms with Gasteiger partial charge in [0, 0.05) is 38.9 Å². The molecular formula is C42H59N7O7S. The molecule has 5 amide bonds. The third kappa shape index (κ3) is 10.7. The summed E-state index contributed by atoms with van der Waals surface area (Å²) in [5.74, 6) is -2.80. The summed E-state index contributed by atoms with van der Waals surface area (Å²) >= 11 is 0. The zero-order chi connectivity index (χ0) is 41.7. The van der Waals surface area contributed by atoms with E-state index in [1.165, 1.54) is 25.4 Å². The zero-order valence-corrected chi connectivity index (χ0v) is 34.8. The van der Waals surface area contributed by atoms with Gasteiger partial charge in [-0.05, 0) is 78.0 Å².